The number of carbonyl (C=O) groups excluding carboxylic acids is 1. The fraction of sp³-hybridized carbons (Fsp3) is 0.125. The molecule has 0 bridgehead atoms. The van der Waals surface area contributed by atoms with Crippen molar-refractivity contribution in [1.82, 2.24) is 0 Å². The minimum Gasteiger partial charge on any atom is -0.351 e. The van der Waals surface area contributed by atoms with Crippen LogP contribution in [0.4, 0.5) is 10.5 Å². The van der Waals surface area contributed by atoms with Crippen LogP contribution in [0.15, 0.2) is 24.3 Å². The second kappa shape index (κ2) is 3.05. The van der Waals surface area contributed by atoms with Crippen LogP contribution in [0.3, 0.4) is 0 Å². The van der Waals surface area contributed by atoms with Crippen molar-refractivity contribution in [3.05, 3.63) is 29.8 Å². The maximum absolute atomic E-state index is 10.4. The number of nitrogens with two attached hydrogens (primary N) is 1. The number of amides is 2. The minimum absolute atomic E-state index is 0.528. The lowest BCUT2D eigenvalue weighted by molar-refractivity contribution is 0.259. The molecule has 11 heavy (non-hydrogen) atoms. The molecule has 0 aliphatic carbocycles. The maximum Gasteiger partial charge on any atom is 0.316 e. The highest BCUT2D eigenvalue weighted by Crippen LogP contribution is 2.11. The molecule has 0 saturated carbocycles. The van der Waals surface area contributed by atoms with E-state index in [-0.39, 0.29) is 0 Å². The quantitative estimate of drug-likeness (QED) is 0.626. The summed E-state index contributed by atoms with van der Waals surface area (Å²) in [5.74, 6) is 0. The first kappa shape index (κ1) is 7.60. The molecule has 0 radical (unpaired) electrons. The van der Waals surface area contributed by atoms with E-state index in [1.165, 1.54) is 0 Å². The SMILES string of the molecule is Cc1ccccc1NC(N)=O. The standard InChI is InChI=1S/C8H10N2O/c1-6-4-2-3-5-7(6)10-8(9)11/h2-5H,1H3,(H3,9,10,11). The van der Waals surface area contributed by atoms with Crippen LogP contribution in [0.5, 0.6) is 0 Å². The van der Waals surface area contributed by atoms with Gasteiger partial charge in [0.1, 0.15) is 0 Å². The Morgan fingerprint density at radius 3 is 2.64 bits per heavy atom. The number of para-hydroxylation sites is 1. The Morgan fingerprint density at radius 1 is 1.45 bits per heavy atom. The van der Waals surface area contributed by atoms with E-state index in [1.54, 1.807) is 6.07 Å². The first-order valence-electron chi connectivity index (χ1n) is 3.32. The molecule has 3 nitrogen and oxygen atoms in total. The molecule has 58 valence electrons. The van der Waals surface area contributed by atoms with E-state index < -0.39 is 6.03 Å². The summed E-state index contributed by atoms with van der Waals surface area (Å²) < 4.78 is 0. The van der Waals surface area contributed by atoms with E-state index in [0.29, 0.717) is 0 Å². The van der Waals surface area contributed by atoms with Gasteiger partial charge in [0.15, 0.2) is 0 Å². The van der Waals surface area contributed by atoms with Crippen LogP contribution < -0.4 is 11.1 Å². The fourth-order valence-corrected chi connectivity index (χ4v) is 0.846. The fourth-order valence-electron chi connectivity index (χ4n) is 0.846. The largest absolute Gasteiger partial charge is 0.351 e. The van der Waals surface area contributed by atoms with Crippen LogP contribution in [0.2, 0.25) is 0 Å². The third-order valence-corrected chi connectivity index (χ3v) is 1.40. The molecule has 0 unspecified atom stereocenters. The zero-order valence-corrected chi connectivity index (χ0v) is 6.29. The molecular weight excluding hydrogens is 140 g/mol. The third kappa shape index (κ3) is 1.97. The molecule has 2 amide bonds. The molecule has 0 fully saturated rings. The van der Waals surface area contributed by atoms with Crippen molar-refractivity contribution in [3.63, 3.8) is 0 Å². The topological polar surface area (TPSA) is 55.1 Å². The highest BCUT2D eigenvalue weighted by Gasteiger charge is 1.96. The van der Waals surface area contributed by atoms with Crippen LogP contribution in [0.1, 0.15) is 5.56 Å². The van der Waals surface area contributed by atoms with Gasteiger partial charge in [0, 0.05) is 5.69 Å². The lowest BCUT2D eigenvalue weighted by atomic mass is 10.2. The molecule has 0 aliphatic heterocycles. The molecule has 0 aromatic heterocycles. The number of nitrogens with one attached hydrogen (secondary N) is 1. The molecule has 3 heteroatoms. The van der Waals surface area contributed by atoms with Crippen molar-refractivity contribution in [2.45, 2.75) is 6.92 Å². The van der Waals surface area contributed by atoms with Crippen molar-refractivity contribution in [1.29, 1.82) is 0 Å². The lowest BCUT2D eigenvalue weighted by Gasteiger charge is -2.03. The molecule has 0 heterocycles. The molecule has 1 rings (SSSR count). The molecule has 0 saturated heterocycles. The number of anilines is 1. The van der Waals surface area contributed by atoms with Gasteiger partial charge in [-0.25, -0.2) is 4.79 Å². The van der Waals surface area contributed by atoms with Crippen LogP contribution in [-0.4, -0.2) is 6.03 Å². The predicted molar refractivity (Wildman–Crippen MR) is 44.4 cm³/mol. The van der Waals surface area contributed by atoms with E-state index >= 15 is 0 Å². The van der Waals surface area contributed by atoms with Gasteiger partial charge in [0.2, 0.25) is 0 Å². The lowest BCUT2D eigenvalue weighted by Crippen LogP contribution is -2.19. The average molecular weight is 150 g/mol. The average Bonchev–Trinajstić information content (AvgIpc) is 1.93. The number of urea groups is 1. The second-order valence-electron chi connectivity index (χ2n) is 2.30. The third-order valence-electron chi connectivity index (χ3n) is 1.40. The van der Waals surface area contributed by atoms with E-state index in [1.807, 2.05) is 25.1 Å². The maximum atomic E-state index is 10.4. The van der Waals surface area contributed by atoms with Gasteiger partial charge in [-0.05, 0) is 18.6 Å². The Balaban J connectivity index is 2.86. The molecule has 3 N–H and O–H groups in total. The van der Waals surface area contributed by atoms with Crippen molar-refractivity contribution in [3.8, 4) is 0 Å². The normalized spacial score (nSPS) is 9.18. The highest BCUT2D eigenvalue weighted by molar-refractivity contribution is 5.88. The van der Waals surface area contributed by atoms with Crippen LogP contribution >= 0.6 is 0 Å². The summed E-state index contributed by atoms with van der Waals surface area (Å²) in [4.78, 5) is 10.4. The van der Waals surface area contributed by atoms with E-state index in [4.69, 9.17) is 5.73 Å². The number of primary amides is 1. The summed E-state index contributed by atoms with van der Waals surface area (Å²) in [7, 11) is 0. The van der Waals surface area contributed by atoms with Crippen molar-refractivity contribution in [2.24, 2.45) is 5.73 Å². The first-order valence-corrected chi connectivity index (χ1v) is 3.32. The molecular formula is C8H10N2O. The second-order valence-corrected chi connectivity index (χ2v) is 2.30. The Morgan fingerprint density at radius 2 is 2.09 bits per heavy atom. The Hall–Kier alpha value is -1.51. The summed E-state index contributed by atoms with van der Waals surface area (Å²) in [6.07, 6.45) is 0. The van der Waals surface area contributed by atoms with Gasteiger partial charge >= 0.3 is 6.03 Å². The molecule has 1 aromatic carbocycles. The highest BCUT2D eigenvalue weighted by atomic mass is 16.2. The van der Waals surface area contributed by atoms with E-state index in [9.17, 15) is 4.79 Å². The van der Waals surface area contributed by atoms with Crippen molar-refractivity contribution >= 4 is 11.7 Å². The van der Waals surface area contributed by atoms with E-state index in [0.717, 1.165) is 11.3 Å². The zero-order valence-electron chi connectivity index (χ0n) is 6.29. The molecule has 1 aromatic rings. The molecule has 0 aliphatic rings. The number of carbonyl (C=O) groups is 1. The van der Waals surface area contributed by atoms with Crippen LogP contribution in [0.25, 0.3) is 0 Å². The smallest absolute Gasteiger partial charge is 0.316 e. The zero-order chi connectivity index (χ0) is 8.27. The number of benzene rings is 1. The predicted octanol–water partition coefficient (Wildman–Crippen LogP) is 1.49. The van der Waals surface area contributed by atoms with Crippen LogP contribution in [0, 0.1) is 6.92 Å². The van der Waals surface area contributed by atoms with Crippen molar-refractivity contribution < 1.29 is 4.79 Å². The number of aryl methyl sites for hydroxylation is 1. The first-order chi connectivity index (χ1) is 5.20. The molecule has 0 atom stereocenters. The number of hydrogen-bond donors (Lipinski definition) is 2. The Labute approximate surface area is 65.2 Å². The summed E-state index contributed by atoms with van der Waals surface area (Å²) in [6, 6.07) is 6.94. The van der Waals surface area contributed by atoms with Gasteiger partial charge in [0.05, 0.1) is 0 Å². The molecule has 0 spiro atoms. The Bertz CT molecular complexity index is 271. The summed E-state index contributed by atoms with van der Waals surface area (Å²) in [5.41, 5.74) is 6.71. The van der Waals surface area contributed by atoms with Gasteiger partial charge in [-0.15, -0.1) is 0 Å². The summed E-state index contributed by atoms with van der Waals surface area (Å²) >= 11 is 0. The van der Waals surface area contributed by atoms with E-state index in [2.05, 4.69) is 5.32 Å². The van der Waals surface area contributed by atoms with Gasteiger partial charge in [-0.2, -0.15) is 0 Å². The monoisotopic (exact) mass is 150 g/mol. The van der Waals surface area contributed by atoms with Gasteiger partial charge in [0.25, 0.3) is 0 Å². The Kier molecular flexibility index (Phi) is 2.11. The number of hydrogen-bond acceptors (Lipinski definition) is 1. The summed E-state index contributed by atoms with van der Waals surface area (Å²) in [5, 5.41) is 2.51. The number of rotatable bonds is 1. The minimum atomic E-state index is -0.528. The van der Waals surface area contributed by atoms with Crippen molar-refractivity contribution in [2.75, 3.05) is 5.32 Å². The van der Waals surface area contributed by atoms with Gasteiger partial charge in [-0.1, -0.05) is 18.2 Å². The van der Waals surface area contributed by atoms with Crippen LogP contribution in [-0.2, 0) is 0 Å². The van der Waals surface area contributed by atoms with Gasteiger partial charge < -0.3 is 11.1 Å². The summed E-state index contributed by atoms with van der Waals surface area (Å²) in [6.45, 7) is 1.91. The van der Waals surface area contributed by atoms with Gasteiger partial charge in [-0.3, -0.25) is 0 Å².